The maximum absolute atomic E-state index is 12.4. The number of carbonyl (C=O) groups excluding carboxylic acids is 1. The normalized spacial score (nSPS) is 11.3. The Bertz CT molecular complexity index is 1090. The third-order valence-electron chi connectivity index (χ3n) is 4.55. The van der Waals surface area contributed by atoms with Crippen molar-refractivity contribution < 1.29 is 4.79 Å². The molecule has 0 atom stereocenters. The third-order valence-corrected chi connectivity index (χ3v) is 5.84. The molecule has 0 bridgehead atoms. The number of nitriles is 1. The molecule has 0 aliphatic carbocycles. The average Bonchev–Trinajstić information content (AvgIpc) is 3.28. The number of benzene rings is 1. The van der Waals surface area contributed by atoms with Crippen LogP contribution >= 0.6 is 22.9 Å². The minimum Gasteiger partial charge on any atom is -0.347 e. The van der Waals surface area contributed by atoms with Gasteiger partial charge in [0.15, 0.2) is 0 Å². The number of carbonyl (C=O) groups is 1. The van der Waals surface area contributed by atoms with E-state index in [9.17, 15) is 10.1 Å². The van der Waals surface area contributed by atoms with Crippen molar-refractivity contribution >= 4 is 34.9 Å². The highest BCUT2D eigenvalue weighted by Gasteiger charge is 2.14. The predicted molar refractivity (Wildman–Crippen MR) is 115 cm³/mol. The van der Waals surface area contributed by atoms with Crippen molar-refractivity contribution in [1.82, 2.24) is 9.88 Å². The van der Waals surface area contributed by atoms with E-state index in [0.717, 1.165) is 33.1 Å². The molecule has 0 aliphatic rings. The van der Waals surface area contributed by atoms with Crippen molar-refractivity contribution in [3.8, 4) is 11.8 Å². The van der Waals surface area contributed by atoms with Crippen LogP contribution < -0.4 is 5.32 Å². The molecule has 3 aromatic rings. The number of nitrogens with zero attached hydrogens (tertiary/aromatic N) is 2. The summed E-state index contributed by atoms with van der Waals surface area (Å²) in [6, 6.07) is 13.8. The van der Waals surface area contributed by atoms with Gasteiger partial charge in [-0.2, -0.15) is 5.26 Å². The van der Waals surface area contributed by atoms with Gasteiger partial charge in [-0.25, -0.2) is 0 Å². The molecule has 0 unspecified atom stereocenters. The Balaban J connectivity index is 1.89. The zero-order chi connectivity index (χ0) is 20.3. The number of amides is 1. The minimum absolute atomic E-state index is 0.0822. The lowest BCUT2D eigenvalue weighted by atomic mass is 10.1. The first kappa shape index (κ1) is 19.9. The second-order valence-electron chi connectivity index (χ2n) is 6.53. The molecule has 0 saturated carbocycles. The van der Waals surface area contributed by atoms with Crippen LogP contribution in [0.15, 0.2) is 47.4 Å². The lowest BCUT2D eigenvalue weighted by molar-refractivity contribution is -0.117. The van der Waals surface area contributed by atoms with E-state index in [0.29, 0.717) is 11.6 Å². The molecule has 1 amide bonds. The zero-order valence-electron chi connectivity index (χ0n) is 15.9. The van der Waals surface area contributed by atoms with Crippen LogP contribution in [0.3, 0.4) is 0 Å². The highest BCUT2D eigenvalue weighted by atomic mass is 35.5. The summed E-state index contributed by atoms with van der Waals surface area (Å²) in [5, 5.41) is 14.9. The molecule has 0 spiro atoms. The zero-order valence-corrected chi connectivity index (χ0v) is 17.5. The summed E-state index contributed by atoms with van der Waals surface area (Å²) < 4.78 is 2.07. The summed E-state index contributed by atoms with van der Waals surface area (Å²) in [6.07, 6.45) is 1.64. The first-order valence-electron chi connectivity index (χ1n) is 8.78. The van der Waals surface area contributed by atoms with Crippen molar-refractivity contribution in [2.45, 2.75) is 27.3 Å². The fraction of sp³-hybridized carbons (Fsp3) is 0.182. The number of aromatic nitrogens is 1. The Kier molecular flexibility index (Phi) is 6.03. The molecule has 0 aliphatic heterocycles. The Morgan fingerprint density at radius 1 is 1.29 bits per heavy atom. The summed E-state index contributed by atoms with van der Waals surface area (Å²) in [7, 11) is 0. The van der Waals surface area contributed by atoms with Crippen molar-refractivity contribution in [2.75, 3.05) is 0 Å². The van der Waals surface area contributed by atoms with E-state index in [-0.39, 0.29) is 11.5 Å². The quantitative estimate of drug-likeness (QED) is 0.456. The summed E-state index contributed by atoms with van der Waals surface area (Å²) in [5.41, 5.74) is 4.82. The molecule has 4 nitrogen and oxygen atoms in total. The summed E-state index contributed by atoms with van der Waals surface area (Å²) in [4.78, 5) is 13.4. The van der Waals surface area contributed by atoms with Gasteiger partial charge in [-0.3, -0.25) is 4.79 Å². The SMILES string of the molecule is Cc1ccc(-n2c(C)cc(/C=C(\C#N)C(=O)NCc3cccs3)c2C)cc1Cl. The lowest BCUT2D eigenvalue weighted by Gasteiger charge is -2.11. The van der Waals surface area contributed by atoms with Crippen molar-refractivity contribution in [3.63, 3.8) is 0 Å². The molecule has 28 heavy (non-hydrogen) atoms. The largest absolute Gasteiger partial charge is 0.347 e. The number of halogens is 1. The molecular weight excluding hydrogens is 390 g/mol. The molecule has 3 rings (SSSR count). The van der Waals surface area contributed by atoms with Gasteiger partial charge in [-0.1, -0.05) is 23.7 Å². The van der Waals surface area contributed by atoms with Gasteiger partial charge in [0.2, 0.25) is 0 Å². The Morgan fingerprint density at radius 3 is 2.71 bits per heavy atom. The van der Waals surface area contributed by atoms with Crippen molar-refractivity contribution in [2.24, 2.45) is 0 Å². The van der Waals surface area contributed by atoms with Crippen LogP contribution in [0.4, 0.5) is 0 Å². The Hall–Kier alpha value is -2.81. The van der Waals surface area contributed by atoms with Crippen LogP contribution in [0.5, 0.6) is 0 Å². The van der Waals surface area contributed by atoms with Crippen molar-refractivity contribution in [3.05, 3.63) is 79.8 Å². The monoisotopic (exact) mass is 409 g/mol. The minimum atomic E-state index is -0.376. The molecular formula is C22H20ClN3OS. The Morgan fingerprint density at radius 2 is 2.07 bits per heavy atom. The van der Waals surface area contributed by atoms with Gasteiger partial charge in [0.25, 0.3) is 5.91 Å². The molecule has 2 aromatic heterocycles. The van der Waals surface area contributed by atoms with E-state index in [2.05, 4.69) is 9.88 Å². The van der Waals surface area contributed by atoms with Gasteiger partial charge in [0.05, 0.1) is 6.54 Å². The highest BCUT2D eigenvalue weighted by molar-refractivity contribution is 7.09. The number of hydrogen-bond donors (Lipinski definition) is 1. The first-order valence-corrected chi connectivity index (χ1v) is 10.0. The van der Waals surface area contributed by atoms with E-state index >= 15 is 0 Å². The van der Waals surface area contributed by atoms with E-state index in [1.54, 1.807) is 17.4 Å². The van der Waals surface area contributed by atoms with Gasteiger partial charge >= 0.3 is 0 Å². The Labute approximate surface area is 173 Å². The second-order valence-corrected chi connectivity index (χ2v) is 7.97. The lowest BCUT2D eigenvalue weighted by Crippen LogP contribution is -2.23. The molecule has 0 saturated heterocycles. The number of nitrogens with one attached hydrogen (secondary N) is 1. The van der Waals surface area contributed by atoms with Crippen LogP contribution in [0.25, 0.3) is 11.8 Å². The van der Waals surface area contributed by atoms with Crippen LogP contribution in [-0.4, -0.2) is 10.5 Å². The summed E-state index contributed by atoms with van der Waals surface area (Å²) in [6.45, 7) is 6.33. The van der Waals surface area contributed by atoms with Crippen LogP contribution in [-0.2, 0) is 11.3 Å². The van der Waals surface area contributed by atoms with Gasteiger partial charge in [0, 0.05) is 27.0 Å². The molecule has 2 heterocycles. The van der Waals surface area contributed by atoms with Gasteiger partial charge in [-0.05, 0) is 67.6 Å². The fourth-order valence-electron chi connectivity index (χ4n) is 3.03. The van der Waals surface area contributed by atoms with E-state index in [1.165, 1.54) is 0 Å². The smallest absolute Gasteiger partial charge is 0.262 e. The predicted octanol–water partition coefficient (Wildman–Crippen LogP) is 5.34. The molecule has 6 heteroatoms. The standard InChI is InChI=1S/C22H20ClN3OS/c1-14-6-7-19(11-21(14)23)26-15(2)9-17(16(26)3)10-18(12-24)22(27)25-13-20-5-4-8-28-20/h4-11H,13H2,1-3H3,(H,25,27)/b18-10+. The first-order chi connectivity index (χ1) is 13.4. The highest BCUT2D eigenvalue weighted by Crippen LogP contribution is 2.26. The third kappa shape index (κ3) is 4.19. The molecule has 1 N–H and O–H groups in total. The maximum atomic E-state index is 12.4. The second kappa shape index (κ2) is 8.47. The van der Waals surface area contributed by atoms with Gasteiger partial charge in [0.1, 0.15) is 11.6 Å². The van der Waals surface area contributed by atoms with E-state index in [4.69, 9.17) is 11.6 Å². The summed E-state index contributed by atoms with van der Waals surface area (Å²) >= 11 is 7.84. The van der Waals surface area contributed by atoms with E-state index < -0.39 is 0 Å². The molecule has 142 valence electrons. The molecule has 0 fully saturated rings. The maximum Gasteiger partial charge on any atom is 0.262 e. The van der Waals surface area contributed by atoms with E-state index in [1.807, 2.05) is 68.6 Å². The fourth-order valence-corrected chi connectivity index (χ4v) is 3.85. The van der Waals surface area contributed by atoms with Crippen LogP contribution in [0.2, 0.25) is 5.02 Å². The van der Waals surface area contributed by atoms with Gasteiger partial charge < -0.3 is 9.88 Å². The molecule has 1 aromatic carbocycles. The summed E-state index contributed by atoms with van der Waals surface area (Å²) in [5.74, 6) is -0.376. The number of thiophene rings is 1. The van der Waals surface area contributed by atoms with Gasteiger partial charge in [-0.15, -0.1) is 11.3 Å². The number of aryl methyl sites for hydroxylation is 2. The average molecular weight is 410 g/mol. The number of rotatable bonds is 5. The topological polar surface area (TPSA) is 57.8 Å². The van der Waals surface area contributed by atoms with Crippen LogP contribution in [0.1, 0.15) is 27.4 Å². The number of hydrogen-bond acceptors (Lipinski definition) is 3. The molecule has 0 radical (unpaired) electrons. The van der Waals surface area contributed by atoms with Crippen LogP contribution in [0, 0.1) is 32.1 Å². The van der Waals surface area contributed by atoms with Crippen molar-refractivity contribution in [1.29, 1.82) is 5.26 Å².